The summed E-state index contributed by atoms with van der Waals surface area (Å²) in [5, 5.41) is 3.21. The minimum absolute atomic E-state index is 0.0462. The van der Waals surface area contributed by atoms with Gasteiger partial charge in [0, 0.05) is 12.6 Å². The second-order valence-corrected chi connectivity index (χ2v) is 4.61. The van der Waals surface area contributed by atoms with Gasteiger partial charge in [0.15, 0.2) is 0 Å². The van der Waals surface area contributed by atoms with Crippen molar-refractivity contribution >= 4 is 5.97 Å². The third-order valence-electron chi connectivity index (χ3n) is 2.73. The molecule has 0 bridgehead atoms. The first-order chi connectivity index (χ1) is 7.18. The summed E-state index contributed by atoms with van der Waals surface area (Å²) in [6.45, 7) is 4.88. The van der Waals surface area contributed by atoms with E-state index in [-0.39, 0.29) is 12.1 Å². The van der Waals surface area contributed by atoms with E-state index in [4.69, 9.17) is 4.74 Å². The standard InChI is InChI=1S/C12H23NO2/c1-10(2)13-9-8-12(14)15-11-6-4-3-5-7-11/h10-11,13H,3-9H2,1-2H3. The lowest BCUT2D eigenvalue weighted by atomic mass is 9.98. The van der Waals surface area contributed by atoms with Crippen LogP contribution in [-0.4, -0.2) is 24.7 Å². The van der Waals surface area contributed by atoms with Crippen LogP contribution in [0.15, 0.2) is 0 Å². The third kappa shape index (κ3) is 5.78. The molecule has 0 aliphatic heterocycles. The molecule has 0 heterocycles. The Bertz CT molecular complexity index is 186. The Hall–Kier alpha value is -0.570. The summed E-state index contributed by atoms with van der Waals surface area (Å²) in [5.41, 5.74) is 0. The number of esters is 1. The van der Waals surface area contributed by atoms with E-state index >= 15 is 0 Å². The predicted octanol–water partition coefficient (Wildman–Crippen LogP) is 2.25. The minimum Gasteiger partial charge on any atom is -0.462 e. The second-order valence-electron chi connectivity index (χ2n) is 4.61. The molecule has 1 aliphatic rings. The van der Waals surface area contributed by atoms with E-state index in [1.165, 1.54) is 19.3 Å². The van der Waals surface area contributed by atoms with Crippen molar-refractivity contribution in [3.63, 3.8) is 0 Å². The number of ether oxygens (including phenoxy) is 1. The summed E-state index contributed by atoms with van der Waals surface area (Å²) in [4.78, 5) is 11.4. The van der Waals surface area contributed by atoms with Gasteiger partial charge in [-0.3, -0.25) is 4.79 Å². The van der Waals surface area contributed by atoms with Crippen LogP contribution in [0.2, 0.25) is 0 Å². The number of nitrogens with one attached hydrogen (secondary N) is 1. The number of rotatable bonds is 5. The molecule has 0 saturated heterocycles. The van der Waals surface area contributed by atoms with Gasteiger partial charge in [0.05, 0.1) is 6.42 Å². The second kappa shape index (κ2) is 6.83. The van der Waals surface area contributed by atoms with E-state index in [2.05, 4.69) is 19.2 Å². The molecule has 0 radical (unpaired) electrons. The number of hydrogen-bond donors (Lipinski definition) is 1. The third-order valence-corrected chi connectivity index (χ3v) is 2.73. The van der Waals surface area contributed by atoms with Gasteiger partial charge in [-0.15, -0.1) is 0 Å². The van der Waals surface area contributed by atoms with Crippen LogP contribution in [0, 0.1) is 0 Å². The smallest absolute Gasteiger partial charge is 0.307 e. The molecule has 0 amide bonds. The minimum atomic E-state index is -0.0462. The first-order valence-electron chi connectivity index (χ1n) is 6.11. The Morgan fingerprint density at radius 3 is 2.60 bits per heavy atom. The molecule has 0 unspecified atom stereocenters. The van der Waals surface area contributed by atoms with Crippen LogP contribution < -0.4 is 5.32 Å². The van der Waals surface area contributed by atoms with Crippen molar-refractivity contribution in [3.05, 3.63) is 0 Å². The molecular weight excluding hydrogens is 190 g/mol. The Morgan fingerprint density at radius 1 is 1.33 bits per heavy atom. The molecule has 3 nitrogen and oxygen atoms in total. The summed E-state index contributed by atoms with van der Waals surface area (Å²) < 4.78 is 5.39. The molecule has 0 atom stereocenters. The molecular formula is C12H23NO2. The lowest BCUT2D eigenvalue weighted by molar-refractivity contribution is -0.150. The first-order valence-corrected chi connectivity index (χ1v) is 6.11. The highest BCUT2D eigenvalue weighted by Crippen LogP contribution is 2.20. The quantitative estimate of drug-likeness (QED) is 0.712. The molecule has 0 aromatic rings. The van der Waals surface area contributed by atoms with Gasteiger partial charge >= 0.3 is 5.97 Å². The van der Waals surface area contributed by atoms with Crippen molar-refractivity contribution < 1.29 is 9.53 Å². The molecule has 0 aromatic carbocycles. The summed E-state index contributed by atoms with van der Waals surface area (Å²) in [5.74, 6) is -0.0462. The van der Waals surface area contributed by atoms with Gasteiger partial charge in [-0.05, 0) is 25.7 Å². The fraction of sp³-hybridized carbons (Fsp3) is 0.917. The van der Waals surface area contributed by atoms with Crippen LogP contribution in [0.25, 0.3) is 0 Å². The summed E-state index contributed by atoms with van der Waals surface area (Å²) in [7, 11) is 0. The molecule has 0 aromatic heterocycles. The van der Waals surface area contributed by atoms with Gasteiger partial charge < -0.3 is 10.1 Å². The first kappa shape index (κ1) is 12.5. The van der Waals surface area contributed by atoms with Gasteiger partial charge in [0.25, 0.3) is 0 Å². The molecule has 0 spiro atoms. The van der Waals surface area contributed by atoms with Gasteiger partial charge in [-0.1, -0.05) is 20.3 Å². The van der Waals surface area contributed by atoms with E-state index in [0.29, 0.717) is 12.5 Å². The Labute approximate surface area is 92.6 Å². The van der Waals surface area contributed by atoms with Crippen molar-refractivity contribution in [1.82, 2.24) is 5.32 Å². The monoisotopic (exact) mass is 213 g/mol. The zero-order chi connectivity index (χ0) is 11.1. The highest BCUT2D eigenvalue weighted by Gasteiger charge is 2.17. The molecule has 1 fully saturated rings. The largest absolute Gasteiger partial charge is 0.462 e. The highest BCUT2D eigenvalue weighted by atomic mass is 16.5. The van der Waals surface area contributed by atoms with Crippen LogP contribution in [-0.2, 0) is 9.53 Å². The van der Waals surface area contributed by atoms with E-state index in [0.717, 1.165) is 19.4 Å². The maximum absolute atomic E-state index is 11.4. The number of carbonyl (C=O) groups excluding carboxylic acids is 1. The lowest BCUT2D eigenvalue weighted by Gasteiger charge is -2.21. The van der Waals surface area contributed by atoms with E-state index in [9.17, 15) is 4.79 Å². The van der Waals surface area contributed by atoms with Crippen LogP contribution in [0.4, 0.5) is 0 Å². The zero-order valence-electron chi connectivity index (χ0n) is 9.92. The van der Waals surface area contributed by atoms with Gasteiger partial charge in [-0.2, -0.15) is 0 Å². The maximum atomic E-state index is 11.4. The normalized spacial score (nSPS) is 18.1. The number of carbonyl (C=O) groups is 1. The van der Waals surface area contributed by atoms with Crippen molar-refractivity contribution in [1.29, 1.82) is 0 Å². The van der Waals surface area contributed by atoms with E-state index in [1.54, 1.807) is 0 Å². The molecule has 1 N–H and O–H groups in total. The number of hydrogen-bond acceptors (Lipinski definition) is 3. The molecule has 1 rings (SSSR count). The van der Waals surface area contributed by atoms with Crippen molar-refractivity contribution in [2.45, 2.75) is 64.5 Å². The van der Waals surface area contributed by atoms with Crippen molar-refractivity contribution in [2.75, 3.05) is 6.54 Å². The Morgan fingerprint density at radius 2 is 2.00 bits per heavy atom. The molecule has 88 valence electrons. The summed E-state index contributed by atoms with van der Waals surface area (Å²) >= 11 is 0. The average Bonchev–Trinajstić information content (AvgIpc) is 2.18. The van der Waals surface area contributed by atoms with Gasteiger partial charge in [-0.25, -0.2) is 0 Å². The van der Waals surface area contributed by atoms with Crippen LogP contribution in [0.1, 0.15) is 52.4 Å². The topological polar surface area (TPSA) is 38.3 Å². The van der Waals surface area contributed by atoms with Gasteiger partial charge in [0.1, 0.15) is 6.10 Å². The van der Waals surface area contributed by atoms with Crippen molar-refractivity contribution in [3.8, 4) is 0 Å². The van der Waals surface area contributed by atoms with Crippen LogP contribution in [0.3, 0.4) is 0 Å². The lowest BCUT2D eigenvalue weighted by Crippen LogP contribution is -2.28. The Kier molecular flexibility index (Phi) is 5.69. The summed E-state index contributed by atoms with van der Waals surface area (Å²) in [6.07, 6.45) is 6.53. The van der Waals surface area contributed by atoms with Crippen molar-refractivity contribution in [2.24, 2.45) is 0 Å². The fourth-order valence-electron chi connectivity index (χ4n) is 1.89. The SMILES string of the molecule is CC(C)NCCC(=O)OC1CCCCC1. The maximum Gasteiger partial charge on any atom is 0.307 e. The van der Waals surface area contributed by atoms with Crippen LogP contribution in [0.5, 0.6) is 0 Å². The highest BCUT2D eigenvalue weighted by molar-refractivity contribution is 5.69. The predicted molar refractivity (Wildman–Crippen MR) is 60.7 cm³/mol. The van der Waals surface area contributed by atoms with Gasteiger partial charge in [0.2, 0.25) is 0 Å². The zero-order valence-corrected chi connectivity index (χ0v) is 9.92. The summed E-state index contributed by atoms with van der Waals surface area (Å²) in [6, 6.07) is 0.437. The average molecular weight is 213 g/mol. The van der Waals surface area contributed by atoms with E-state index < -0.39 is 0 Å². The molecule has 1 aliphatic carbocycles. The fourth-order valence-corrected chi connectivity index (χ4v) is 1.89. The van der Waals surface area contributed by atoms with Crippen LogP contribution >= 0.6 is 0 Å². The molecule has 1 saturated carbocycles. The molecule has 15 heavy (non-hydrogen) atoms. The molecule has 3 heteroatoms. The van der Waals surface area contributed by atoms with E-state index in [1.807, 2.05) is 0 Å². The Balaban J connectivity index is 2.06.